The van der Waals surface area contributed by atoms with Crippen molar-refractivity contribution >= 4 is 32.7 Å². The fraction of sp³-hybridized carbons (Fsp3) is 0. The highest BCUT2D eigenvalue weighted by Crippen LogP contribution is 2.41. The minimum atomic E-state index is 0.921. The maximum atomic E-state index is 6.68. The van der Waals surface area contributed by atoms with Crippen LogP contribution in [-0.4, -0.2) is 4.98 Å². The Morgan fingerprint density at radius 2 is 1.06 bits per heavy atom. The van der Waals surface area contributed by atoms with E-state index in [4.69, 9.17) is 4.42 Å². The second-order valence-corrected chi connectivity index (χ2v) is 8.81. The molecular formula is C33H21NO. The van der Waals surface area contributed by atoms with Crippen LogP contribution in [0.4, 0.5) is 0 Å². The third-order valence-electron chi connectivity index (χ3n) is 6.79. The minimum absolute atomic E-state index is 0.921. The fourth-order valence-corrected chi connectivity index (χ4v) is 5.10. The van der Waals surface area contributed by atoms with Gasteiger partial charge >= 0.3 is 0 Å². The van der Waals surface area contributed by atoms with Crippen LogP contribution in [0.15, 0.2) is 132 Å². The van der Waals surface area contributed by atoms with E-state index in [1.807, 2.05) is 12.3 Å². The van der Waals surface area contributed by atoms with E-state index in [-0.39, 0.29) is 0 Å². The van der Waals surface area contributed by atoms with E-state index in [2.05, 4.69) is 114 Å². The van der Waals surface area contributed by atoms with Crippen molar-refractivity contribution in [3.63, 3.8) is 0 Å². The molecule has 0 unspecified atom stereocenters. The van der Waals surface area contributed by atoms with Crippen LogP contribution in [0.25, 0.3) is 66.1 Å². The molecule has 0 N–H and O–H groups in total. The molecule has 0 amide bonds. The number of hydrogen-bond acceptors (Lipinski definition) is 2. The van der Waals surface area contributed by atoms with Crippen molar-refractivity contribution < 1.29 is 4.42 Å². The predicted molar refractivity (Wildman–Crippen MR) is 145 cm³/mol. The zero-order valence-corrected chi connectivity index (χ0v) is 19.0. The Kier molecular flexibility index (Phi) is 4.49. The van der Waals surface area contributed by atoms with Gasteiger partial charge in [0.1, 0.15) is 11.2 Å². The number of furan rings is 1. The summed E-state index contributed by atoms with van der Waals surface area (Å²) < 4.78 is 6.68. The van der Waals surface area contributed by atoms with Gasteiger partial charge < -0.3 is 4.42 Å². The van der Waals surface area contributed by atoms with Gasteiger partial charge in [0.2, 0.25) is 0 Å². The van der Waals surface area contributed by atoms with Gasteiger partial charge in [-0.25, -0.2) is 0 Å². The lowest BCUT2D eigenvalue weighted by molar-refractivity contribution is 0.671. The van der Waals surface area contributed by atoms with Crippen LogP contribution < -0.4 is 0 Å². The molecule has 35 heavy (non-hydrogen) atoms. The van der Waals surface area contributed by atoms with Crippen LogP contribution in [0.5, 0.6) is 0 Å². The zero-order chi connectivity index (χ0) is 23.2. The van der Waals surface area contributed by atoms with Gasteiger partial charge in [0, 0.05) is 34.3 Å². The van der Waals surface area contributed by atoms with Gasteiger partial charge in [0.25, 0.3) is 0 Å². The number of fused-ring (bicyclic) bond motifs is 4. The Bertz CT molecular complexity index is 1820. The average molecular weight is 448 g/mol. The minimum Gasteiger partial charge on any atom is -0.455 e. The third-order valence-corrected chi connectivity index (χ3v) is 6.79. The van der Waals surface area contributed by atoms with Crippen molar-refractivity contribution in [2.75, 3.05) is 0 Å². The molecule has 164 valence electrons. The number of para-hydroxylation sites is 2. The monoisotopic (exact) mass is 447 g/mol. The lowest BCUT2D eigenvalue weighted by Gasteiger charge is -2.07. The predicted octanol–water partition coefficient (Wildman–Crippen LogP) is 9.14. The lowest BCUT2D eigenvalue weighted by atomic mass is 9.96. The molecule has 0 aliphatic rings. The molecule has 0 aliphatic heterocycles. The van der Waals surface area contributed by atoms with E-state index in [9.17, 15) is 0 Å². The number of rotatable bonds is 3. The molecule has 0 saturated heterocycles. The average Bonchev–Trinajstić information content (AvgIpc) is 3.33. The van der Waals surface area contributed by atoms with E-state index in [1.165, 1.54) is 16.3 Å². The van der Waals surface area contributed by atoms with Crippen LogP contribution in [0.1, 0.15) is 0 Å². The van der Waals surface area contributed by atoms with Crippen molar-refractivity contribution in [1.29, 1.82) is 0 Å². The maximum absolute atomic E-state index is 6.68. The van der Waals surface area contributed by atoms with E-state index < -0.39 is 0 Å². The highest BCUT2D eigenvalue weighted by atomic mass is 16.3. The molecule has 2 nitrogen and oxygen atoms in total. The Morgan fingerprint density at radius 1 is 0.429 bits per heavy atom. The van der Waals surface area contributed by atoms with Crippen molar-refractivity contribution in [3.8, 4) is 33.4 Å². The summed E-state index contributed by atoms with van der Waals surface area (Å²) >= 11 is 0. The summed E-state index contributed by atoms with van der Waals surface area (Å²) in [5, 5.41) is 4.73. The first-order chi connectivity index (χ1) is 17.4. The van der Waals surface area contributed by atoms with E-state index >= 15 is 0 Å². The molecule has 0 aliphatic carbocycles. The standard InChI is InChI=1S/C33H21NO/c1-2-10-26-23(7-1)8-3-12-28(26)29-13-5-15-31-30-14-4-11-27(32(30)35-33(29)31)24-18-16-22(17-19-24)25-9-6-20-34-21-25/h1-21H. The van der Waals surface area contributed by atoms with Crippen molar-refractivity contribution in [2.45, 2.75) is 0 Å². The summed E-state index contributed by atoms with van der Waals surface area (Å²) in [5.74, 6) is 0. The summed E-state index contributed by atoms with van der Waals surface area (Å²) in [6.07, 6.45) is 3.69. The van der Waals surface area contributed by atoms with Gasteiger partial charge in [-0.1, -0.05) is 109 Å². The number of pyridine rings is 1. The molecule has 5 aromatic carbocycles. The topological polar surface area (TPSA) is 26.0 Å². The molecule has 0 fully saturated rings. The number of aromatic nitrogens is 1. The second-order valence-electron chi connectivity index (χ2n) is 8.81. The maximum Gasteiger partial charge on any atom is 0.143 e. The number of hydrogen-bond donors (Lipinski definition) is 0. The van der Waals surface area contributed by atoms with Gasteiger partial charge in [0.15, 0.2) is 0 Å². The van der Waals surface area contributed by atoms with Crippen molar-refractivity contribution in [3.05, 3.63) is 128 Å². The quantitative estimate of drug-likeness (QED) is 0.270. The Balaban J connectivity index is 1.42. The smallest absolute Gasteiger partial charge is 0.143 e. The molecule has 0 radical (unpaired) electrons. The van der Waals surface area contributed by atoms with Gasteiger partial charge in [-0.05, 0) is 39.1 Å². The first-order valence-corrected chi connectivity index (χ1v) is 11.8. The number of benzene rings is 5. The summed E-state index contributed by atoms with van der Waals surface area (Å²) in [5.41, 5.74) is 8.65. The SMILES string of the molecule is c1cncc(-c2ccc(-c3cccc4c3oc3c(-c5cccc6ccccc56)cccc34)cc2)c1. The first kappa shape index (κ1) is 19.7. The summed E-state index contributed by atoms with van der Waals surface area (Å²) in [6, 6.07) is 40.5. The molecule has 7 aromatic rings. The fourth-order valence-electron chi connectivity index (χ4n) is 5.10. The molecular weight excluding hydrogens is 426 g/mol. The molecule has 7 rings (SSSR count). The first-order valence-electron chi connectivity index (χ1n) is 11.8. The van der Waals surface area contributed by atoms with Crippen LogP contribution in [0.2, 0.25) is 0 Å². The second kappa shape index (κ2) is 7.96. The van der Waals surface area contributed by atoms with Gasteiger partial charge in [0.05, 0.1) is 0 Å². The molecule has 0 bridgehead atoms. The summed E-state index contributed by atoms with van der Waals surface area (Å²) in [7, 11) is 0. The van der Waals surface area contributed by atoms with E-state index in [0.29, 0.717) is 0 Å². The largest absolute Gasteiger partial charge is 0.455 e. The summed E-state index contributed by atoms with van der Waals surface area (Å²) in [6.45, 7) is 0. The molecule has 2 heterocycles. The lowest BCUT2D eigenvalue weighted by Crippen LogP contribution is -1.82. The van der Waals surface area contributed by atoms with Crippen LogP contribution >= 0.6 is 0 Å². The highest BCUT2D eigenvalue weighted by molar-refractivity contribution is 6.14. The van der Waals surface area contributed by atoms with Crippen LogP contribution in [0, 0.1) is 0 Å². The highest BCUT2D eigenvalue weighted by Gasteiger charge is 2.16. The van der Waals surface area contributed by atoms with Gasteiger partial charge in [-0.15, -0.1) is 0 Å². The number of nitrogens with zero attached hydrogens (tertiary/aromatic N) is 1. The summed E-state index contributed by atoms with van der Waals surface area (Å²) in [4.78, 5) is 4.24. The Labute approximate surface area is 203 Å². The van der Waals surface area contributed by atoms with Gasteiger partial charge in [-0.3, -0.25) is 4.98 Å². The molecule has 2 aromatic heterocycles. The molecule has 0 spiro atoms. The Hall–Kier alpha value is -4.69. The van der Waals surface area contributed by atoms with Crippen molar-refractivity contribution in [1.82, 2.24) is 4.98 Å². The zero-order valence-electron chi connectivity index (χ0n) is 19.0. The van der Waals surface area contributed by atoms with Gasteiger partial charge in [-0.2, -0.15) is 0 Å². The molecule has 2 heteroatoms. The van der Waals surface area contributed by atoms with E-state index in [0.717, 1.165) is 49.8 Å². The third kappa shape index (κ3) is 3.23. The van der Waals surface area contributed by atoms with Crippen molar-refractivity contribution in [2.24, 2.45) is 0 Å². The molecule has 0 atom stereocenters. The van der Waals surface area contributed by atoms with Crippen LogP contribution in [0.3, 0.4) is 0 Å². The van der Waals surface area contributed by atoms with Crippen LogP contribution in [-0.2, 0) is 0 Å². The normalized spacial score (nSPS) is 11.4. The molecule has 0 saturated carbocycles. The van der Waals surface area contributed by atoms with E-state index in [1.54, 1.807) is 6.20 Å². The Morgan fingerprint density at radius 3 is 1.86 bits per heavy atom.